The third kappa shape index (κ3) is 4.05. The van der Waals surface area contributed by atoms with E-state index in [2.05, 4.69) is 5.32 Å². The zero-order valence-electron chi connectivity index (χ0n) is 11.1. The molecule has 0 fully saturated rings. The van der Waals surface area contributed by atoms with Gasteiger partial charge in [0, 0.05) is 0 Å². The first-order valence-electron chi connectivity index (χ1n) is 6.07. The molecular weight excluding hydrogens is 347 g/mol. The molecule has 4 nitrogen and oxygen atoms in total. The van der Waals surface area contributed by atoms with Crippen molar-refractivity contribution in [3.8, 4) is 11.8 Å². The van der Waals surface area contributed by atoms with Crippen molar-refractivity contribution in [2.75, 3.05) is 11.9 Å². The van der Waals surface area contributed by atoms with E-state index in [9.17, 15) is 4.79 Å². The Morgan fingerprint density at radius 1 is 1.18 bits per heavy atom. The number of anilines is 1. The Bertz CT molecular complexity index is 757. The van der Waals surface area contributed by atoms with Crippen molar-refractivity contribution in [2.24, 2.45) is 0 Å². The Balaban J connectivity index is 1.99. The second-order valence-electron chi connectivity index (χ2n) is 4.20. The van der Waals surface area contributed by atoms with E-state index < -0.39 is 5.91 Å². The molecule has 0 saturated carbocycles. The minimum Gasteiger partial charge on any atom is -0.482 e. The zero-order chi connectivity index (χ0) is 16.1. The molecule has 2 aromatic carbocycles. The van der Waals surface area contributed by atoms with Crippen LogP contribution in [-0.2, 0) is 4.79 Å². The Morgan fingerprint density at radius 2 is 1.95 bits per heavy atom. The van der Waals surface area contributed by atoms with Crippen LogP contribution in [0.3, 0.4) is 0 Å². The number of hydrogen-bond donors (Lipinski definition) is 1. The van der Waals surface area contributed by atoms with Gasteiger partial charge in [-0.1, -0.05) is 40.9 Å². The minimum atomic E-state index is -0.412. The summed E-state index contributed by atoms with van der Waals surface area (Å²) in [6, 6.07) is 11.4. The maximum Gasteiger partial charge on any atom is 0.262 e. The molecule has 0 bridgehead atoms. The Kier molecular flexibility index (Phi) is 5.51. The van der Waals surface area contributed by atoms with Crippen LogP contribution in [0, 0.1) is 11.3 Å². The van der Waals surface area contributed by atoms with E-state index in [1.165, 1.54) is 12.1 Å². The predicted octanol–water partition coefficient (Wildman–Crippen LogP) is 4.54. The molecule has 2 rings (SSSR count). The van der Waals surface area contributed by atoms with E-state index in [4.69, 9.17) is 44.8 Å². The largest absolute Gasteiger partial charge is 0.482 e. The van der Waals surface area contributed by atoms with Crippen LogP contribution in [0.25, 0.3) is 0 Å². The first-order chi connectivity index (χ1) is 10.5. The number of nitrogens with one attached hydrogen (secondary N) is 1. The van der Waals surface area contributed by atoms with Crippen molar-refractivity contribution in [2.45, 2.75) is 0 Å². The molecule has 2 aromatic rings. The molecule has 22 heavy (non-hydrogen) atoms. The Labute approximate surface area is 142 Å². The molecule has 0 unspecified atom stereocenters. The van der Waals surface area contributed by atoms with Crippen LogP contribution < -0.4 is 10.1 Å². The van der Waals surface area contributed by atoms with Gasteiger partial charge in [-0.25, -0.2) is 0 Å². The van der Waals surface area contributed by atoms with Gasteiger partial charge in [0.1, 0.15) is 5.75 Å². The van der Waals surface area contributed by atoms with Gasteiger partial charge in [0.25, 0.3) is 5.91 Å². The summed E-state index contributed by atoms with van der Waals surface area (Å²) in [6.07, 6.45) is 0. The minimum absolute atomic E-state index is 0.255. The summed E-state index contributed by atoms with van der Waals surface area (Å²) >= 11 is 17.8. The molecule has 0 saturated heterocycles. The first-order valence-corrected chi connectivity index (χ1v) is 7.21. The fourth-order valence-electron chi connectivity index (χ4n) is 1.62. The lowest BCUT2D eigenvalue weighted by Crippen LogP contribution is -2.20. The molecule has 0 radical (unpaired) electrons. The van der Waals surface area contributed by atoms with Crippen LogP contribution in [0.2, 0.25) is 15.1 Å². The zero-order valence-corrected chi connectivity index (χ0v) is 13.3. The third-order valence-electron chi connectivity index (χ3n) is 2.65. The highest BCUT2D eigenvalue weighted by atomic mass is 35.5. The van der Waals surface area contributed by atoms with E-state index in [0.29, 0.717) is 22.0 Å². The van der Waals surface area contributed by atoms with Gasteiger partial charge in [0.05, 0.1) is 32.4 Å². The number of hydrogen-bond acceptors (Lipinski definition) is 3. The quantitative estimate of drug-likeness (QED) is 0.876. The molecule has 0 aliphatic heterocycles. The van der Waals surface area contributed by atoms with Crippen LogP contribution in [-0.4, -0.2) is 12.5 Å². The Morgan fingerprint density at radius 3 is 2.64 bits per heavy atom. The van der Waals surface area contributed by atoms with Crippen LogP contribution in [0.1, 0.15) is 5.56 Å². The predicted molar refractivity (Wildman–Crippen MR) is 86.8 cm³/mol. The molecule has 1 N–H and O–H groups in total. The monoisotopic (exact) mass is 354 g/mol. The van der Waals surface area contributed by atoms with E-state index in [1.807, 2.05) is 6.07 Å². The summed E-state index contributed by atoms with van der Waals surface area (Å²) in [4.78, 5) is 11.9. The van der Waals surface area contributed by atoms with Gasteiger partial charge in [0.15, 0.2) is 6.61 Å². The summed E-state index contributed by atoms with van der Waals surface area (Å²) in [5.41, 5.74) is 0.807. The summed E-state index contributed by atoms with van der Waals surface area (Å²) in [5, 5.41) is 12.2. The van der Waals surface area contributed by atoms with Gasteiger partial charge < -0.3 is 10.1 Å². The lowest BCUT2D eigenvalue weighted by Gasteiger charge is -2.10. The van der Waals surface area contributed by atoms with Crippen molar-refractivity contribution in [1.29, 1.82) is 5.26 Å². The van der Waals surface area contributed by atoms with Gasteiger partial charge >= 0.3 is 0 Å². The number of ether oxygens (including phenoxy) is 1. The number of nitriles is 1. The fraction of sp³-hybridized carbons (Fsp3) is 0.0667. The number of carbonyl (C=O) groups excluding carboxylic acids is 1. The highest BCUT2D eigenvalue weighted by molar-refractivity contribution is 6.44. The van der Waals surface area contributed by atoms with Crippen molar-refractivity contribution < 1.29 is 9.53 Å². The average Bonchev–Trinajstić information content (AvgIpc) is 2.50. The third-order valence-corrected chi connectivity index (χ3v) is 3.76. The second kappa shape index (κ2) is 7.37. The number of halogens is 3. The van der Waals surface area contributed by atoms with Crippen molar-refractivity contribution in [3.63, 3.8) is 0 Å². The molecular formula is C15H9Cl3N2O2. The van der Waals surface area contributed by atoms with Gasteiger partial charge in [-0.05, 0) is 30.3 Å². The normalized spacial score (nSPS) is 9.91. The topological polar surface area (TPSA) is 62.1 Å². The number of carbonyl (C=O) groups is 1. The SMILES string of the molecule is N#Cc1ccc(OCC(=O)Nc2cccc(Cl)c2Cl)c(Cl)c1. The number of benzene rings is 2. The van der Waals surface area contributed by atoms with Crippen molar-refractivity contribution >= 4 is 46.4 Å². The molecule has 7 heteroatoms. The van der Waals surface area contributed by atoms with Crippen molar-refractivity contribution in [3.05, 3.63) is 57.0 Å². The first kappa shape index (κ1) is 16.4. The van der Waals surface area contributed by atoms with Gasteiger partial charge in [-0.2, -0.15) is 5.26 Å². The molecule has 0 aromatic heterocycles. The number of rotatable bonds is 4. The van der Waals surface area contributed by atoms with E-state index in [1.54, 1.807) is 24.3 Å². The Hall–Kier alpha value is -1.93. The lowest BCUT2D eigenvalue weighted by atomic mass is 10.2. The molecule has 0 atom stereocenters. The highest BCUT2D eigenvalue weighted by Crippen LogP contribution is 2.29. The maximum atomic E-state index is 11.9. The standard InChI is InChI=1S/C15H9Cl3N2O2/c16-10-2-1-3-12(15(10)18)20-14(21)8-22-13-5-4-9(7-19)6-11(13)17/h1-6H,8H2,(H,20,21). The lowest BCUT2D eigenvalue weighted by molar-refractivity contribution is -0.118. The molecule has 112 valence electrons. The van der Waals surface area contributed by atoms with Crippen LogP contribution >= 0.6 is 34.8 Å². The molecule has 0 spiro atoms. The van der Waals surface area contributed by atoms with E-state index in [0.717, 1.165) is 0 Å². The summed E-state index contributed by atoms with van der Waals surface area (Å²) in [6.45, 7) is -0.255. The van der Waals surface area contributed by atoms with E-state index in [-0.39, 0.29) is 16.7 Å². The van der Waals surface area contributed by atoms with Gasteiger partial charge in [0.2, 0.25) is 0 Å². The van der Waals surface area contributed by atoms with Crippen LogP contribution in [0.5, 0.6) is 5.75 Å². The molecule has 1 amide bonds. The molecule has 0 aliphatic carbocycles. The van der Waals surface area contributed by atoms with Crippen LogP contribution in [0.15, 0.2) is 36.4 Å². The van der Waals surface area contributed by atoms with Crippen LogP contribution in [0.4, 0.5) is 5.69 Å². The summed E-state index contributed by atoms with van der Waals surface area (Å²) < 4.78 is 5.31. The second-order valence-corrected chi connectivity index (χ2v) is 5.39. The smallest absolute Gasteiger partial charge is 0.262 e. The van der Waals surface area contributed by atoms with Gasteiger partial charge in [-0.3, -0.25) is 4.79 Å². The molecule has 0 heterocycles. The molecule has 0 aliphatic rings. The summed E-state index contributed by atoms with van der Waals surface area (Å²) in [7, 11) is 0. The van der Waals surface area contributed by atoms with Gasteiger partial charge in [-0.15, -0.1) is 0 Å². The number of amides is 1. The van der Waals surface area contributed by atoms with E-state index >= 15 is 0 Å². The average molecular weight is 356 g/mol. The maximum absolute atomic E-state index is 11.9. The van der Waals surface area contributed by atoms with Crippen molar-refractivity contribution in [1.82, 2.24) is 0 Å². The fourth-order valence-corrected chi connectivity index (χ4v) is 2.20. The summed E-state index contributed by atoms with van der Waals surface area (Å²) in [5.74, 6) is -0.0994. The number of nitrogens with zero attached hydrogens (tertiary/aromatic N) is 1. The highest BCUT2D eigenvalue weighted by Gasteiger charge is 2.10.